The summed E-state index contributed by atoms with van der Waals surface area (Å²) in [5.74, 6) is 1.42. The van der Waals surface area contributed by atoms with E-state index in [1.54, 1.807) is 24.3 Å². The number of hydrogen-bond donors (Lipinski definition) is 2. The van der Waals surface area contributed by atoms with Crippen LogP contribution in [0.1, 0.15) is 34.2 Å². The lowest BCUT2D eigenvalue weighted by Gasteiger charge is -2.13. The van der Waals surface area contributed by atoms with Crippen LogP contribution in [-0.4, -0.2) is 46.0 Å². The number of hydrogen-bond acceptors (Lipinski definition) is 7. The number of carbonyl (C=O) groups is 2. The minimum absolute atomic E-state index is 0.117. The first-order valence-corrected chi connectivity index (χ1v) is 13.5. The van der Waals surface area contributed by atoms with Crippen LogP contribution < -0.4 is 20.1 Å². The zero-order valence-corrected chi connectivity index (χ0v) is 23.2. The second kappa shape index (κ2) is 13.0. The number of aryl methyl sites for hydroxylation is 2. The smallest absolute Gasteiger partial charge is 0.255 e. The number of carbonyl (C=O) groups excluding carboxylic acids is 2. The van der Waals surface area contributed by atoms with Crippen molar-refractivity contribution in [2.75, 3.05) is 24.8 Å². The molecule has 0 unspecified atom stereocenters. The fourth-order valence-electron chi connectivity index (χ4n) is 3.90. The summed E-state index contributed by atoms with van der Waals surface area (Å²) in [7, 11) is 1.52. The number of aromatic nitrogens is 3. The average molecular weight is 546 g/mol. The molecule has 2 N–H and O–H groups in total. The lowest BCUT2D eigenvalue weighted by atomic mass is 10.1. The van der Waals surface area contributed by atoms with Crippen LogP contribution in [0.25, 0.3) is 5.69 Å². The molecule has 0 atom stereocenters. The minimum atomic E-state index is -0.296. The molecule has 0 radical (unpaired) electrons. The number of thioether (sulfide) groups is 1. The van der Waals surface area contributed by atoms with Crippen LogP contribution in [0.15, 0.2) is 71.9 Å². The molecule has 0 aliphatic rings. The van der Waals surface area contributed by atoms with Crippen LogP contribution in [0, 0.1) is 13.8 Å². The summed E-state index contributed by atoms with van der Waals surface area (Å²) in [6.45, 7) is 6.54. The molecule has 10 heteroatoms. The Morgan fingerprint density at radius 3 is 2.51 bits per heavy atom. The molecule has 3 aromatic carbocycles. The van der Waals surface area contributed by atoms with Crippen molar-refractivity contribution in [3.8, 4) is 17.2 Å². The van der Waals surface area contributed by atoms with Gasteiger partial charge in [0, 0.05) is 11.4 Å². The van der Waals surface area contributed by atoms with E-state index in [9.17, 15) is 9.59 Å². The van der Waals surface area contributed by atoms with Gasteiger partial charge in [0.25, 0.3) is 5.91 Å². The zero-order valence-electron chi connectivity index (χ0n) is 22.4. The Morgan fingerprint density at radius 2 is 1.77 bits per heavy atom. The molecule has 4 aromatic rings. The maximum absolute atomic E-state index is 12.9. The lowest BCUT2D eigenvalue weighted by Crippen LogP contribution is -2.25. The van der Waals surface area contributed by atoms with E-state index >= 15 is 0 Å². The Balaban J connectivity index is 1.54. The monoisotopic (exact) mass is 545 g/mol. The average Bonchev–Trinajstić information content (AvgIpc) is 3.36. The van der Waals surface area contributed by atoms with E-state index in [4.69, 9.17) is 9.47 Å². The van der Waals surface area contributed by atoms with Crippen LogP contribution in [0.4, 0.5) is 5.69 Å². The predicted octanol–water partition coefficient (Wildman–Crippen LogP) is 4.95. The first kappa shape index (κ1) is 27.7. The standard InChI is InChI=1S/C29H31N5O4S/c1-5-38-22-14-12-21(13-15-22)34-26(17-30-28(36)23-8-6-7-9-25(23)37-4)32-33-29(34)39-18-27(35)31-24-16-19(2)10-11-20(24)3/h6-16H,5,17-18H2,1-4H3,(H,30,36)(H,31,35). The molecular formula is C29H31N5O4S. The summed E-state index contributed by atoms with van der Waals surface area (Å²) in [4.78, 5) is 25.7. The van der Waals surface area contributed by atoms with Crippen molar-refractivity contribution in [3.05, 3.63) is 89.2 Å². The molecule has 9 nitrogen and oxygen atoms in total. The van der Waals surface area contributed by atoms with Gasteiger partial charge in [0.2, 0.25) is 5.91 Å². The van der Waals surface area contributed by atoms with Crippen molar-refractivity contribution < 1.29 is 19.1 Å². The fraction of sp³-hybridized carbons (Fsp3) is 0.241. The molecule has 0 saturated heterocycles. The van der Waals surface area contributed by atoms with Crippen molar-refractivity contribution in [3.63, 3.8) is 0 Å². The fourth-order valence-corrected chi connectivity index (χ4v) is 4.67. The number of nitrogens with one attached hydrogen (secondary N) is 2. The third kappa shape index (κ3) is 6.97. The summed E-state index contributed by atoms with van der Waals surface area (Å²) in [6, 6.07) is 20.4. The van der Waals surface area contributed by atoms with Gasteiger partial charge >= 0.3 is 0 Å². The number of methoxy groups -OCH3 is 1. The number of nitrogens with zero attached hydrogens (tertiary/aromatic N) is 3. The van der Waals surface area contributed by atoms with Gasteiger partial charge in [-0.05, 0) is 74.4 Å². The molecule has 0 fully saturated rings. The van der Waals surface area contributed by atoms with E-state index in [0.29, 0.717) is 28.9 Å². The third-order valence-electron chi connectivity index (χ3n) is 5.86. The molecule has 4 rings (SSSR count). The van der Waals surface area contributed by atoms with Gasteiger partial charge in [-0.15, -0.1) is 10.2 Å². The van der Waals surface area contributed by atoms with E-state index in [2.05, 4.69) is 20.8 Å². The zero-order chi connectivity index (χ0) is 27.8. The molecule has 0 spiro atoms. The maximum atomic E-state index is 12.9. The molecule has 0 aliphatic carbocycles. The number of rotatable bonds is 11. The van der Waals surface area contributed by atoms with Gasteiger partial charge in [0.1, 0.15) is 11.5 Å². The quantitative estimate of drug-likeness (QED) is 0.257. The van der Waals surface area contributed by atoms with Gasteiger partial charge in [0.05, 0.1) is 31.6 Å². The Bertz CT molecular complexity index is 1450. The van der Waals surface area contributed by atoms with Crippen LogP contribution >= 0.6 is 11.8 Å². The second-order valence-electron chi connectivity index (χ2n) is 8.70. The van der Waals surface area contributed by atoms with E-state index < -0.39 is 0 Å². The van der Waals surface area contributed by atoms with Gasteiger partial charge < -0.3 is 20.1 Å². The van der Waals surface area contributed by atoms with Gasteiger partial charge in [-0.25, -0.2) is 0 Å². The van der Waals surface area contributed by atoms with E-state index in [1.807, 2.05) is 67.8 Å². The van der Waals surface area contributed by atoms with E-state index in [0.717, 1.165) is 28.3 Å². The summed E-state index contributed by atoms with van der Waals surface area (Å²) >= 11 is 1.26. The first-order chi connectivity index (χ1) is 18.9. The van der Waals surface area contributed by atoms with Crippen LogP contribution in [0.3, 0.4) is 0 Å². The highest BCUT2D eigenvalue weighted by atomic mass is 32.2. The van der Waals surface area contributed by atoms with Crippen LogP contribution in [0.5, 0.6) is 11.5 Å². The number of ether oxygens (including phenoxy) is 2. The van der Waals surface area contributed by atoms with Gasteiger partial charge in [-0.1, -0.05) is 36.0 Å². The van der Waals surface area contributed by atoms with Gasteiger partial charge in [-0.2, -0.15) is 0 Å². The highest BCUT2D eigenvalue weighted by Gasteiger charge is 2.18. The highest BCUT2D eigenvalue weighted by molar-refractivity contribution is 7.99. The lowest BCUT2D eigenvalue weighted by molar-refractivity contribution is -0.113. The number of anilines is 1. The Labute approximate surface area is 231 Å². The van der Waals surface area contributed by atoms with Crippen LogP contribution in [-0.2, 0) is 11.3 Å². The van der Waals surface area contributed by atoms with E-state index in [1.165, 1.54) is 18.9 Å². The molecule has 1 heterocycles. The molecule has 2 amide bonds. The highest BCUT2D eigenvalue weighted by Crippen LogP contribution is 2.25. The van der Waals surface area contributed by atoms with Crippen molar-refractivity contribution >= 4 is 29.3 Å². The minimum Gasteiger partial charge on any atom is -0.496 e. The van der Waals surface area contributed by atoms with Crippen molar-refractivity contribution in [2.45, 2.75) is 32.5 Å². The van der Waals surface area contributed by atoms with Gasteiger partial charge in [0.15, 0.2) is 11.0 Å². The molecule has 0 saturated carbocycles. The molecule has 202 valence electrons. The van der Waals surface area contributed by atoms with Crippen molar-refractivity contribution in [1.82, 2.24) is 20.1 Å². The topological polar surface area (TPSA) is 107 Å². The second-order valence-corrected chi connectivity index (χ2v) is 9.64. The van der Waals surface area contributed by atoms with Gasteiger partial charge in [-0.3, -0.25) is 14.2 Å². The SMILES string of the molecule is CCOc1ccc(-n2c(CNC(=O)c3ccccc3OC)nnc2SCC(=O)Nc2cc(C)ccc2C)cc1. The number of benzene rings is 3. The largest absolute Gasteiger partial charge is 0.496 e. The molecule has 39 heavy (non-hydrogen) atoms. The summed E-state index contributed by atoms with van der Waals surface area (Å²) < 4.78 is 12.7. The van der Waals surface area contributed by atoms with E-state index in [-0.39, 0.29) is 24.1 Å². The van der Waals surface area contributed by atoms with Crippen molar-refractivity contribution in [2.24, 2.45) is 0 Å². The first-order valence-electron chi connectivity index (χ1n) is 12.5. The third-order valence-corrected chi connectivity index (χ3v) is 6.79. The Kier molecular flexibility index (Phi) is 9.22. The molecule has 1 aromatic heterocycles. The Hall–Kier alpha value is -4.31. The summed E-state index contributed by atoms with van der Waals surface area (Å²) in [6.07, 6.45) is 0. The van der Waals surface area contributed by atoms with Crippen molar-refractivity contribution in [1.29, 1.82) is 0 Å². The normalized spacial score (nSPS) is 10.7. The molecular weight excluding hydrogens is 514 g/mol. The predicted molar refractivity (Wildman–Crippen MR) is 152 cm³/mol. The summed E-state index contributed by atoms with van der Waals surface area (Å²) in [5, 5.41) is 15.1. The van der Waals surface area contributed by atoms with Crippen LogP contribution in [0.2, 0.25) is 0 Å². The number of amides is 2. The summed E-state index contributed by atoms with van der Waals surface area (Å²) in [5.41, 5.74) is 4.05. The molecule has 0 bridgehead atoms. The number of para-hydroxylation sites is 1. The molecule has 0 aliphatic heterocycles. The maximum Gasteiger partial charge on any atom is 0.255 e. The Morgan fingerprint density at radius 1 is 1.00 bits per heavy atom.